The molecule has 0 aliphatic carbocycles. The van der Waals surface area contributed by atoms with Crippen molar-refractivity contribution < 1.29 is 9.53 Å². The summed E-state index contributed by atoms with van der Waals surface area (Å²) >= 11 is 1.48. The summed E-state index contributed by atoms with van der Waals surface area (Å²) < 4.78 is 8.07. The molecular weight excluding hydrogens is 398 g/mol. The van der Waals surface area contributed by atoms with Crippen molar-refractivity contribution in [3.63, 3.8) is 0 Å². The Labute approximate surface area is 175 Å². The number of hydrogen-bond acceptors (Lipinski definition) is 6. The van der Waals surface area contributed by atoms with E-state index in [1.54, 1.807) is 22.8 Å². The number of hydrogen-bond donors (Lipinski definition) is 0. The first-order valence-electron chi connectivity index (χ1n) is 8.85. The van der Waals surface area contributed by atoms with Gasteiger partial charge in [-0.1, -0.05) is 11.3 Å². The smallest absolute Gasteiger partial charge is 0.280 e. The predicted molar refractivity (Wildman–Crippen MR) is 116 cm³/mol. The van der Waals surface area contributed by atoms with Crippen LogP contribution in [0, 0.1) is 0 Å². The van der Waals surface area contributed by atoms with Gasteiger partial charge in [0.05, 0.1) is 17.3 Å². The van der Waals surface area contributed by atoms with Gasteiger partial charge in [-0.15, -0.1) is 12.4 Å². The Bertz CT molecular complexity index is 937. The van der Waals surface area contributed by atoms with Crippen LogP contribution in [0.3, 0.4) is 0 Å². The number of anilines is 1. The number of fused-ring (bicyclic) bond motifs is 1. The van der Waals surface area contributed by atoms with E-state index >= 15 is 0 Å². The van der Waals surface area contributed by atoms with Crippen molar-refractivity contribution in [1.29, 1.82) is 0 Å². The van der Waals surface area contributed by atoms with Crippen LogP contribution < -0.4 is 9.64 Å². The zero-order valence-corrected chi connectivity index (χ0v) is 18.4. The normalized spacial score (nSPS) is 11.1. The summed E-state index contributed by atoms with van der Waals surface area (Å²) in [6.45, 7) is 5.34. The molecule has 1 amide bonds. The van der Waals surface area contributed by atoms with Gasteiger partial charge in [0.1, 0.15) is 5.75 Å². The van der Waals surface area contributed by atoms with Crippen molar-refractivity contribution in [1.82, 2.24) is 19.7 Å². The fourth-order valence-electron chi connectivity index (χ4n) is 2.60. The number of ether oxygens (including phenoxy) is 1. The minimum atomic E-state index is -0.137. The van der Waals surface area contributed by atoms with E-state index in [0.717, 1.165) is 22.5 Å². The topological polar surface area (TPSA) is 63.5 Å². The highest BCUT2D eigenvalue weighted by Gasteiger charge is 2.23. The van der Waals surface area contributed by atoms with E-state index in [1.807, 2.05) is 57.2 Å². The molecule has 0 radical (unpaired) electrons. The third-order valence-electron chi connectivity index (χ3n) is 4.19. The van der Waals surface area contributed by atoms with Crippen LogP contribution in [0.25, 0.3) is 10.2 Å². The highest BCUT2D eigenvalue weighted by atomic mass is 35.5. The van der Waals surface area contributed by atoms with E-state index in [2.05, 4.69) is 10.1 Å². The van der Waals surface area contributed by atoms with E-state index in [9.17, 15) is 4.79 Å². The molecule has 0 atom stereocenters. The monoisotopic (exact) mass is 423 g/mol. The molecule has 0 spiro atoms. The average molecular weight is 424 g/mol. The summed E-state index contributed by atoms with van der Waals surface area (Å²) in [5, 5.41) is 5.10. The van der Waals surface area contributed by atoms with Crippen molar-refractivity contribution in [2.75, 3.05) is 39.2 Å². The number of benzene rings is 1. The number of carbonyl (C=O) groups excluding carboxylic acids is 1. The third kappa shape index (κ3) is 4.81. The lowest BCUT2D eigenvalue weighted by Crippen LogP contribution is -2.37. The second-order valence-electron chi connectivity index (χ2n) is 6.86. The predicted octanol–water partition coefficient (Wildman–Crippen LogP) is 3.71. The highest BCUT2D eigenvalue weighted by Crippen LogP contribution is 2.32. The summed E-state index contributed by atoms with van der Waals surface area (Å²) in [4.78, 5) is 21.6. The minimum Gasteiger partial charge on any atom is -0.497 e. The third-order valence-corrected chi connectivity index (χ3v) is 5.23. The molecule has 2 aromatic heterocycles. The molecule has 3 rings (SSSR count). The Balaban J connectivity index is 0.00000280. The molecule has 7 nitrogen and oxygen atoms in total. The van der Waals surface area contributed by atoms with Crippen molar-refractivity contribution >= 4 is 45.0 Å². The number of thiazole rings is 1. The molecule has 9 heteroatoms. The molecule has 0 saturated heterocycles. The fraction of sp³-hybridized carbons (Fsp3) is 0.421. The standard InChI is InChI=1S/C19H25N5O2S.ClH/c1-13(2)24-9-8-16(21-24)18(25)23(11-10-22(3)4)19-20-15-7-6-14(26-5)12-17(15)27-19;/h6-9,12-13H,10-11H2,1-5H3;1H. The number of halogens is 1. The maximum atomic E-state index is 13.2. The number of nitrogens with zero attached hydrogens (tertiary/aromatic N) is 5. The van der Waals surface area contributed by atoms with Crippen LogP contribution in [0.1, 0.15) is 30.4 Å². The number of aromatic nitrogens is 3. The first-order chi connectivity index (χ1) is 12.9. The van der Waals surface area contributed by atoms with Gasteiger partial charge in [-0.2, -0.15) is 5.10 Å². The first kappa shape index (κ1) is 22.1. The van der Waals surface area contributed by atoms with Crippen molar-refractivity contribution in [2.45, 2.75) is 19.9 Å². The van der Waals surface area contributed by atoms with Crippen LogP contribution in [0.5, 0.6) is 5.75 Å². The maximum absolute atomic E-state index is 13.2. The second-order valence-corrected chi connectivity index (χ2v) is 7.87. The van der Waals surface area contributed by atoms with E-state index in [0.29, 0.717) is 17.4 Å². The zero-order valence-electron chi connectivity index (χ0n) is 16.7. The van der Waals surface area contributed by atoms with Crippen LogP contribution in [-0.2, 0) is 0 Å². The molecule has 3 aromatic rings. The molecular formula is C19H26ClN5O2S. The summed E-state index contributed by atoms with van der Waals surface area (Å²) in [5.41, 5.74) is 1.28. The molecule has 0 N–H and O–H groups in total. The molecule has 0 saturated carbocycles. The van der Waals surface area contributed by atoms with Crippen LogP contribution in [0.4, 0.5) is 5.13 Å². The van der Waals surface area contributed by atoms with E-state index < -0.39 is 0 Å². The fourth-order valence-corrected chi connectivity index (χ4v) is 3.62. The van der Waals surface area contributed by atoms with Gasteiger partial charge < -0.3 is 9.64 Å². The van der Waals surface area contributed by atoms with Gasteiger partial charge in [-0.3, -0.25) is 14.4 Å². The number of carbonyl (C=O) groups is 1. The van der Waals surface area contributed by atoms with E-state index in [-0.39, 0.29) is 24.4 Å². The maximum Gasteiger partial charge on any atom is 0.280 e. The number of methoxy groups -OCH3 is 1. The molecule has 28 heavy (non-hydrogen) atoms. The van der Waals surface area contributed by atoms with Crippen molar-refractivity contribution in [2.24, 2.45) is 0 Å². The number of amides is 1. The summed E-state index contributed by atoms with van der Waals surface area (Å²) in [6, 6.07) is 7.70. The van der Waals surface area contributed by atoms with Gasteiger partial charge in [-0.05, 0) is 52.2 Å². The molecule has 1 aromatic carbocycles. The lowest BCUT2D eigenvalue weighted by Gasteiger charge is -2.21. The molecule has 0 bridgehead atoms. The molecule has 152 valence electrons. The van der Waals surface area contributed by atoms with Crippen LogP contribution in [0.2, 0.25) is 0 Å². The second kappa shape index (κ2) is 9.36. The van der Waals surface area contributed by atoms with Crippen LogP contribution in [-0.4, -0.2) is 59.9 Å². The van der Waals surface area contributed by atoms with Crippen LogP contribution >= 0.6 is 23.7 Å². The Hall–Kier alpha value is -2.16. The lowest BCUT2D eigenvalue weighted by atomic mass is 10.3. The van der Waals surface area contributed by atoms with Gasteiger partial charge in [0.25, 0.3) is 5.91 Å². The minimum absolute atomic E-state index is 0. The van der Waals surface area contributed by atoms with Gasteiger partial charge >= 0.3 is 0 Å². The molecule has 2 heterocycles. The van der Waals surface area contributed by atoms with Gasteiger partial charge in [0.2, 0.25) is 0 Å². The molecule has 0 fully saturated rings. The zero-order chi connectivity index (χ0) is 19.6. The Morgan fingerprint density at radius 3 is 2.61 bits per heavy atom. The van der Waals surface area contributed by atoms with E-state index in [4.69, 9.17) is 4.74 Å². The Morgan fingerprint density at radius 1 is 1.25 bits per heavy atom. The molecule has 0 unspecified atom stereocenters. The summed E-state index contributed by atoms with van der Waals surface area (Å²) in [5.74, 6) is 0.641. The van der Waals surface area contributed by atoms with Crippen molar-refractivity contribution in [3.8, 4) is 5.75 Å². The Morgan fingerprint density at radius 2 is 2.00 bits per heavy atom. The summed E-state index contributed by atoms with van der Waals surface area (Å²) in [6.07, 6.45) is 1.84. The van der Waals surface area contributed by atoms with E-state index in [1.165, 1.54) is 11.3 Å². The largest absolute Gasteiger partial charge is 0.497 e. The van der Waals surface area contributed by atoms with Gasteiger partial charge in [-0.25, -0.2) is 4.98 Å². The summed E-state index contributed by atoms with van der Waals surface area (Å²) in [7, 11) is 5.61. The molecule has 0 aliphatic heterocycles. The average Bonchev–Trinajstić information content (AvgIpc) is 3.27. The van der Waals surface area contributed by atoms with Gasteiger partial charge in [0, 0.05) is 25.3 Å². The Kier molecular flexibility index (Phi) is 7.40. The highest BCUT2D eigenvalue weighted by molar-refractivity contribution is 7.22. The van der Waals surface area contributed by atoms with Crippen molar-refractivity contribution in [3.05, 3.63) is 36.2 Å². The molecule has 0 aliphatic rings. The SMILES string of the molecule is COc1ccc2nc(N(CCN(C)C)C(=O)c3ccn(C(C)C)n3)sc2c1.Cl. The van der Waals surface area contributed by atoms with Gasteiger partial charge in [0.15, 0.2) is 10.8 Å². The number of rotatable bonds is 7. The first-order valence-corrected chi connectivity index (χ1v) is 9.67. The lowest BCUT2D eigenvalue weighted by molar-refractivity contribution is 0.0979. The number of likely N-dealkylation sites (N-methyl/N-ethyl adjacent to an activating group) is 1. The quantitative estimate of drug-likeness (QED) is 0.579. The van der Waals surface area contributed by atoms with Crippen LogP contribution in [0.15, 0.2) is 30.5 Å².